The predicted octanol–water partition coefficient (Wildman–Crippen LogP) is -1.82. The van der Waals surface area contributed by atoms with Gasteiger partial charge in [-0.25, -0.2) is 0 Å². The molecule has 0 radical (unpaired) electrons. The van der Waals surface area contributed by atoms with Crippen LogP contribution in [-0.2, 0) is 4.74 Å². The van der Waals surface area contributed by atoms with Crippen LogP contribution in [0.1, 0.15) is 0 Å². The molecule has 0 spiro atoms. The molecule has 4 N–H and O–H groups in total. The Labute approximate surface area is 77.7 Å². The average Bonchev–Trinajstić information content (AvgIpc) is 2.08. The molecule has 5 nitrogen and oxygen atoms in total. The van der Waals surface area contributed by atoms with Gasteiger partial charge in [0.25, 0.3) is 0 Å². The van der Waals surface area contributed by atoms with E-state index < -0.39 is 36.0 Å². The molecule has 12 heavy (non-hydrogen) atoms. The van der Waals surface area contributed by atoms with Gasteiger partial charge in [-0.2, -0.15) is 0 Å². The summed E-state index contributed by atoms with van der Waals surface area (Å²) in [5.41, 5.74) is 0. The Morgan fingerprint density at radius 1 is 1.17 bits per heavy atom. The molecule has 1 rings (SSSR count). The summed E-state index contributed by atoms with van der Waals surface area (Å²) in [7, 11) is 0. The highest BCUT2D eigenvalue weighted by atomic mass is 79.9. The van der Waals surface area contributed by atoms with Crippen LogP contribution in [0.3, 0.4) is 0 Å². The molecule has 0 aromatic heterocycles. The quantitative estimate of drug-likeness (QED) is 0.407. The molecule has 1 heterocycles. The van der Waals surface area contributed by atoms with Crippen molar-refractivity contribution >= 4 is 15.9 Å². The summed E-state index contributed by atoms with van der Waals surface area (Å²) in [5, 5.41) is 36.3. The average molecular weight is 243 g/mol. The van der Waals surface area contributed by atoms with Gasteiger partial charge in [-0.15, -0.1) is 0 Å². The fourth-order valence-electron chi connectivity index (χ4n) is 1.06. The maximum Gasteiger partial charge on any atom is 0.170 e. The molecular weight excluding hydrogens is 232 g/mol. The van der Waals surface area contributed by atoms with E-state index in [1.807, 2.05) is 0 Å². The number of hydrogen-bond donors (Lipinski definition) is 4. The Morgan fingerprint density at radius 2 is 1.75 bits per heavy atom. The van der Waals surface area contributed by atoms with Crippen molar-refractivity contribution in [2.45, 2.75) is 29.4 Å². The minimum Gasteiger partial charge on any atom is -0.394 e. The minimum atomic E-state index is -1.21. The number of aliphatic hydroxyl groups is 4. The van der Waals surface area contributed by atoms with Crippen molar-refractivity contribution in [1.29, 1.82) is 0 Å². The molecule has 72 valence electrons. The summed E-state index contributed by atoms with van der Waals surface area (Å²) in [4.78, 5) is -0.727. The summed E-state index contributed by atoms with van der Waals surface area (Å²) in [5.74, 6) is 0. The highest BCUT2D eigenvalue weighted by molar-refractivity contribution is 9.09. The van der Waals surface area contributed by atoms with Crippen LogP contribution in [-0.4, -0.2) is 56.5 Å². The third-order valence-corrected chi connectivity index (χ3v) is 2.82. The van der Waals surface area contributed by atoms with E-state index in [4.69, 9.17) is 14.9 Å². The molecule has 6 heteroatoms. The molecular formula is C6H11BrO5. The molecule has 1 fully saturated rings. The van der Waals surface area contributed by atoms with Gasteiger partial charge < -0.3 is 25.2 Å². The van der Waals surface area contributed by atoms with Crippen molar-refractivity contribution in [1.82, 2.24) is 0 Å². The molecule has 0 aromatic rings. The number of halogens is 1. The van der Waals surface area contributed by atoms with E-state index in [0.29, 0.717) is 0 Å². The molecule has 1 aliphatic heterocycles. The SMILES string of the molecule is OC[C@@H]1O[C@H](O)[C@@H](Br)[C@H](O)[C@@H]1O. The number of alkyl halides is 1. The first-order chi connectivity index (χ1) is 5.57. The Morgan fingerprint density at radius 3 is 2.25 bits per heavy atom. The van der Waals surface area contributed by atoms with Crippen LogP contribution in [0.4, 0.5) is 0 Å². The van der Waals surface area contributed by atoms with E-state index in [0.717, 1.165) is 0 Å². The highest BCUT2D eigenvalue weighted by Gasteiger charge is 2.42. The first kappa shape index (κ1) is 10.4. The van der Waals surface area contributed by atoms with E-state index in [1.165, 1.54) is 0 Å². The fourth-order valence-corrected chi connectivity index (χ4v) is 1.50. The van der Waals surface area contributed by atoms with Crippen molar-refractivity contribution in [3.63, 3.8) is 0 Å². The van der Waals surface area contributed by atoms with Crippen LogP contribution in [0.15, 0.2) is 0 Å². The van der Waals surface area contributed by atoms with E-state index in [-0.39, 0.29) is 0 Å². The van der Waals surface area contributed by atoms with E-state index >= 15 is 0 Å². The molecule has 0 amide bonds. The number of ether oxygens (including phenoxy) is 1. The molecule has 1 aliphatic rings. The van der Waals surface area contributed by atoms with Gasteiger partial charge >= 0.3 is 0 Å². The third-order valence-electron chi connectivity index (χ3n) is 1.82. The summed E-state index contributed by atoms with van der Waals surface area (Å²) in [6.45, 7) is -0.436. The maximum atomic E-state index is 9.27. The van der Waals surface area contributed by atoms with Gasteiger partial charge in [0.2, 0.25) is 0 Å². The smallest absolute Gasteiger partial charge is 0.170 e. The number of hydrogen-bond acceptors (Lipinski definition) is 5. The second-order valence-corrected chi connectivity index (χ2v) is 3.73. The molecule has 0 saturated carbocycles. The zero-order chi connectivity index (χ0) is 9.30. The molecule has 1 saturated heterocycles. The Balaban J connectivity index is 2.63. The predicted molar refractivity (Wildman–Crippen MR) is 42.7 cm³/mol. The van der Waals surface area contributed by atoms with E-state index in [2.05, 4.69) is 15.9 Å². The first-order valence-corrected chi connectivity index (χ1v) is 4.44. The lowest BCUT2D eigenvalue weighted by Gasteiger charge is -2.37. The van der Waals surface area contributed by atoms with Crippen LogP contribution in [0, 0.1) is 0 Å². The Hall–Kier alpha value is 0.280. The largest absolute Gasteiger partial charge is 0.394 e. The van der Waals surface area contributed by atoms with Crippen LogP contribution in [0.25, 0.3) is 0 Å². The van der Waals surface area contributed by atoms with Crippen molar-refractivity contribution in [2.75, 3.05) is 6.61 Å². The number of rotatable bonds is 1. The zero-order valence-electron chi connectivity index (χ0n) is 6.17. The van der Waals surface area contributed by atoms with Crippen molar-refractivity contribution < 1.29 is 25.2 Å². The topological polar surface area (TPSA) is 90.2 Å². The van der Waals surface area contributed by atoms with Crippen LogP contribution < -0.4 is 0 Å². The second kappa shape index (κ2) is 3.99. The van der Waals surface area contributed by atoms with Crippen molar-refractivity contribution in [3.05, 3.63) is 0 Å². The van der Waals surface area contributed by atoms with E-state index in [9.17, 15) is 10.2 Å². The van der Waals surface area contributed by atoms with Crippen LogP contribution in [0.5, 0.6) is 0 Å². The van der Waals surface area contributed by atoms with Crippen LogP contribution >= 0.6 is 15.9 Å². The van der Waals surface area contributed by atoms with Gasteiger partial charge in [0.05, 0.1) is 17.5 Å². The van der Waals surface area contributed by atoms with E-state index in [1.54, 1.807) is 0 Å². The summed E-state index contributed by atoms with van der Waals surface area (Å²) in [6.07, 6.45) is -4.45. The van der Waals surface area contributed by atoms with Gasteiger partial charge in [0, 0.05) is 0 Å². The van der Waals surface area contributed by atoms with Crippen LogP contribution in [0.2, 0.25) is 0 Å². The monoisotopic (exact) mass is 242 g/mol. The summed E-state index contributed by atoms with van der Waals surface area (Å²) in [6, 6.07) is 0. The first-order valence-electron chi connectivity index (χ1n) is 3.52. The molecule has 0 aliphatic carbocycles. The molecule has 0 unspecified atom stereocenters. The third kappa shape index (κ3) is 1.78. The van der Waals surface area contributed by atoms with Gasteiger partial charge in [-0.05, 0) is 0 Å². The fraction of sp³-hybridized carbons (Fsp3) is 1.00. The number of aliphatic hydroxyl groups excluding tert-OH is 4. The molecule has 5 atom stereocenters. The lowest BCUT2D eigenvalue weighted by Crippen LogP contribution is -2.56. The second-order valence-electron chi connectivity index (χ2n) is 2.67. The molecule has 0 bridgehead atoms. The standard InChI is InChI=1S/C6H11BrO5/c7-3-5(10)4(9)2(1-8)12-6(3)11/h2-6,8-11H,1H2/t2-,3-,4+,5-,6-/m0/s1. The lowest BCUT2D eigenvalue weighted by molar-refractivity contribution is -0.233. The van der Waals surface area contributed by atoms with Gasteiger partial charge in [-0.3, -0.25) is 0 Å². The minimum absolute atomic E-state index is 0.436. The zero-order valence-corrected chi connectivity index (χ0v) is 7.75. The summed E-state index contributed by atoms with van der Waals surface area (Å²) >= 11 is 2.95. The normalized spacial score (nSPS) is 49.2. The maximum absolute atomic E-state index is 9.27. The molecule has 0 aromatic carbocycles. The Kier molecular flexibility index (Phi) is 3.45. The lowest BCUT2D eigenvalue weighted by atomic mass is 10.0. The van der Waals surface area contributed by atoms with Gasteiger partial charge in [0.1, 0.15) is 12.2 Å². The van der Waals surface area contributed by atoms with Crippen molar-refractivity contribution in [2.24, 2.45) is 0 Å². The van der Waals surface area contributed by atoms with Crippen molar-refractivity contribution in [3.8, 4) is 0 Å². The van der Waals surface area contributed by atoms with Gasteiger partial charge in [0.15, 0.2) is 6.29 Å². The summed E-state index contributed by atoms with van der Waals surface area (Å²) < 4.78 is 4.78. The Bertz CT molecular complexity index is 150. The highest BCUT2D eigenvalue weighted by Crippen LogP contribution is 2.24. The van der Waals surface area contributed by atoms with Gasteiger partial charge in [-0.1, -0.05) is 15.9 Å².